The molecule has 0 aliphatic carbocycles. The summed E-state index contributed by atoms with van der Waals surface area (Å²) in [6.07, 6.45) is 1.61. The fourth-order valence-corrected chi connectivity index (χ4v) is 4.69. The summed E-state index contributed by atoms with van der Waals surface area (Å²) >= 11 is 10.6. The minimum absolute atomic E-state index is 0.249. The quantitative estimate of drug-likeness (QED) is 0.213. The lowest BCUT2D eigenvalue weighted by Gasteiger charge is -2.12. The minimum Gasteiger partial charge on any atom is -0.487 e. The Kier molecular flexibility index (Phi) is 7.69. The fraction of sp³-hybridized carbons (Fsp3) is 0.0476. The molecule has 0 aromatic heterocycles. The predicted octanol–water partition coefficient (Wildman–Crippen LogP) is 5.89. The molecule has 3 rings (SSSR count). The first kappa shape index (κ1) is 21.1. The van der Waals surface area contributed by atoms with Gasteiger partial charge in [0, 0.05) is 16.1 Å². The third-order valence-electron chi connectivity index (χ3n) is 3.77. The molecule has 28 heavy (non-hydrogen) atoms. The molecule has 0 unspecified atom stereocenters. The number of benzene rings is 3. The van der Waals surface area contributed by atoms with Crippen LogP contribution in [0, 0.1) is 7.14 Å². The minimum atomic E-state index is -0.249. The number of carbonyl (C=O) groups excluding carboxylic acids is 1. The van der Waals surface area contributed by atoms with Gasteiger partial charge >= 0.3 is 0 Å². The Morgan fingerprint density at radius 2 is 1.68 bits per heavy atom. The van der Waals surface area contributed by atoms with Gasteiger partial charge in [-0.05, 0) is 81.1 Å². The number of hydrazone groups is 1. The third kappa shape index (κ3) is 5.68. The van der Waals surface area contributed by atoms with E-state index in [1.54, 1.807) is 18.3 Å². The fourth-order valence-electron chi connectivity index (χ4n) is 2.38. The standard InChI is InChI=1S/C21H15ClI2N2O2/c22-17-9-5-4-8-16(17)13-28-20-18(23)10-14(11-19(20)24)12-25-26-21(27)15-6-2-1-3-7-15/h1-12H,13H2,(H,26,27)/b25-12-. The van der Waals surface area contributed by atoms with Crippen molar-refractivity contribution in [3.05, 3.63) is 95.6 Å². The second-order valence-corrected chi connectivity index (χ2v) is 8.49. The average molecular weight is 617 g/mol. The number of hydrogen-bond acceptors (Lipinski definition) is 3. The molecule has 0 atom stereocenters. The average Bonchev–Trinajstić information content (AvgIpc) is 2.69. The smallest absolute Gasteiger partial charge is 0.271 e. The lowest BCUT2D eigenvalue weighted by atomic mass is 10.2. The van der Waals surface area contributed by atoms with E-state index in [-0.39, 0.29) is 5.91 Å². The van der Waals surface area contributed by atoms with Crippen molar-refractivity contribution in [1.82, 2.24) is 5.43 Å². The van der Waals surface area contributed by atoms with Gasteiger partial charge in [-0.25, -0.2) is 5.43 Å². The van der Waals surface area contributed by atoms with Crippen LogP contribution < -0.4 is 10.2 Å². The van der Waals surface area contributed by atoms with Crippen LogP contribution in [-0.2, 0) is 6.61 Å². The third-order valence-corrected chi connectivity index (χ3v) is 5.74. The molecule has 0 radical (unpaired) electrons. The highest BCUT2D eigenvalue weighted by Crippen LogP contribution is 2.30. The van der Waals surface area contributed by atoms with Gasteiger partial charge < -0.3 is 4.74 Å². The maximum atomic E-state index is 12.0. The SMILES string of the molecule is O=C(N/N=C\c1cc(I)c(OCc2ccccc2Cl)c(I)c1)c1ccccc1. The topological polar surface area (TPSA) is 50.7 Å². The first-order valence-electron chi connectivity index (χ1n) is 8.28. The molecule has 0 saturated carbocycles. The van der Waals surface area contributed by atoms with E-state index in [1.807, 2.05) is 54.6 Å². The molecule has 3 aromatic rings. The molecule has 0 aliphatic rings. The first-order valence-corrected chi connectivity index (χ1v) is 10.8. The molecule has 4 nitrogen and oxygen atoms in total. The number of halogens is 3. The van der Waals surface area contributed by atoms with Crippen molar-refractivity contribution >= 4 is 68.9 Å². The van der Waals surface area contributed by atoms with Crippen LogP contribution in [0.4, 0.5) is 0 Å². The Morgan fingerprint density at radius 3 is 2.36 bits per heavy atom. The van der Waals surface area contributed by atoms with Gasteiger partial charge in [0.15, 0.2) is 0 Å². The summed E-state index contributed by atoms with van der Waals surface area (Å²) in [5, 5.41) is 4.73. The van der Waals surface area contributed by atoms with Crippen LogP contribution >= 0.6 is 56.8 Å². The van der Waals surface area contributed by atoms with E-state index in [0.717, 1.165) is 24.0 Å². The van der Waals surface area contributed by atoms with Crippen LogP contribution in [0.25, 0.3) is 0 Å². The zero-order chi connectivity index (χ0) is 19.9. The molecule has 1 N–H and O–H groups in total. The van der Waals surface area contributed by atoms with Crippen molar-refractivity contribution in [2.45, 2.75) is 6.61 Å². The molecule has 0 aliphatic heterocycles. The number of ether oxygens (including phenoxy) is 1. The molecule has 0 heterocycles. The summed E-state index contributed by atoms with van der Waals surface area (Å²) in [4.78, 5) is 12.0. The van der Waals surface area contributed by atoms with E-state index in [1.165, 1.54) is 0 Å². The van der Waals surface area contributed by atoms with Crippen LogP contribution in [0.5, 0.6) is 5.75 Å². The zero-order valence-electron chi connectivity index (χ0n) is 14.5. The van der Waals surface area contributed by atoms with Gasteiger partial charge in [0.1, 0.15) is 12.4 Å². The zero-order valence-corrected chi connectivity index (χ0v) is 19.6. The van der Waals surface area contributed by atoms with E-state index in [9.17, 15) is 4.79 Å². The summed E-state index contributed by atoms with van der Waals surface area (Å²) in [5.74, 6) is 0.549. The van der Waals surface area contributed by atoms with Gasteiger partial charge in [-0.15, -0.1) is 0 Å². The van der Waals surface area contributed by atoms with Crippen molar-refractivity contribution in [1.29, 1.82) is 0 Å². The molecular weight excluding hydrogens is 602 g/mol. The number of amides is 1. The maximum Gasteiger partial charge on any atom is 0.271 e. The molecule has 142 valence electrons. The molecule has 0 saturated heterocycles. The Hall–Kier alpha value is -1.65. The van der Waals surface area contributed by atoms with Crippen LogP contribution in [0.1, 0.15) is 21.5 Å². The summed E-state index contributed by atoms with van der Waals surface area (Å²) in [5.41, 5.74) is 4.90. The van der Waals surface area contributed by atoms with E-state index in [4.69, 9.17) is 16.3 Å². The van der Waals surface area contributed by atoms with Crippen LogP contribution in [0.15, 0.2) is 71.8 Å². The van der Waals surface area contributed by atoms with Crippen LogP contribution in [0.2, 0.25) is 5.02 Å². The largest absolute Gasteiger partial charge is 0.487 e. The van der Waals surface area contributed by atoms with Crippen molar-refractivity contribution in [2.24, 2.45) is 5.10 Å². The highest BCUT2D eigenvalue weighted by Gasteiger charge is 2.10. The first-order chi connectivity index (χ1) is 13.5. The second kappa shape index (κ2) is 10.2. The molecule has 1 amide bonds. The molecule has 0 fully saturated rings. The van der Waals surface area contributed by atoms with Crippen molar-refractivity contribution < 1.29 is 9.53 Å². The second-order valence-electron chi connectivity index (χ2n) is 5.76. The monoisotopic (exact) mass is 616 g/mol. The van der Waals surface area contributed by atoms with Crippen LogP contribution in [0.3, 0.4) is 0 Å². The van der Waals surface area contributed by atoms with Crippen molar-refractivity contribution in [3.63, 3.8) is 0 Å². The van der Waals surface area contributed by atoms with Gasteiger partial charge in [0.05, 0.1) is 13.4 Å². The predicted molar refractivity (Wildman–Crippen MR) is 129 cm³/mol. The number of nitrogens with zero attached hydrogens (tertiary/aromatic N) is 1. The van der Waals surface area contributed by atoms with E-state index in [2.05, 4.69) is 55.7 Å². The van der Waals surface area contributed by atoms with Gasteiger partial charge in [0.25, 0.3) is 5.91 Å². The Bertz CT molecular complexity index is 987. The van der Waals surface area contributed by atoms with Gasteiger partial charge in [-0.2, -0.15) is 5.10 Å². The van der Waals surface area contributed by atoms with E-state index in [0.29, 0.717) is 17.2 Å². The molecule has 0 spiro atoms. The van der Waals surface area contributed by atoms with Crippen molar-refractivity contribution in [2.75, 3.05) is 0 Å². The lowest BCUT2D eigenvalue weighted by molar-refractivity contribution is 0.0955. The summed E-state index contributed by atoms with van der Waals surface area (Å²) in [6.45, 7) is 0.395. The molecule has 7 heteroatoms. The normalized spacial score (nSPS) is 10.8. The number of rotatable bonds is 6. The Labute approximate surface area is 195 Å². The summed E-state index contributed by atoms with van der Waals surface area (Å²) in [6, 6.07) is 20.5. The highest BCUT2D eigenvalue weighted by molar-refractivity contribution is 14.1. The van der Waals surface area contributed by atoms with Gasteiger partial charge in [-0.3, -0.25) is 4.79 Å². The van der Waals surface area contributed by atoms with Crippen molar-refractivity contribution in [3.8, 4) is 5.75 Å². The van der Waals surface area contributed by atoms with Gasteiger partial charge in [0.2, 0.25) is 0 Å². The molecule has 0 bridgehead atoms. The number of carbonyl (C=O) groups is 1. The number of nitrogens with one attached hydrogen (secondary N) is 1. The summed E-state index contributed by atoms with van der Waals surface area (Å²) < 4.78 is 7.88. The molecular formula is C21H15ClI2N2O2. The Morgan fingerprint density at radius 1 is 1.04 bits per heavy atom. The Balaban J connectivity index is 1.66. The molecule has 3 aromatic carbocycles. The highest BCUT2D eigenvalue weighted by atomic mass is 127. The summed E-state index contributed by atoms with van der Waals surface area (Å²) in [7, 11) is 0. The number of hydrogen-bond donors (Lipinski definition) is 1. The maximum absolute atomic E-state index is 12.0. The van der Waals surface area contributed by atoms with Crippen LogP contribution in [-0.4, -0.2) is 12.1 Å². The lowest BCUT2D eigenvalue weighted by Crippen LogP contribution is -2.17. The van der Waals surface area contributed by atoms with Gasteiger partial charge in [-0.1, -0.05) is 48.0 Å². The van der Waals surface area contributed by atoms with E-state index >= 15 is 0 Å². The van der Waals surface area contributed by atoms with E-state index < -0.39 is 0 Å².